The van der Waals surface area contributed by atoms with E-state index in [-0.39, 0.29) is 11.2 Å². The van der Waals surface area contributed by atoms with Gasteiger partial charge >= 0.3 is 5.97 Å². The van der Waals surface area contributed by atoms with Crippen molar-refractivity contribution in [1.29, 1.82) is 0 Å². The molecule has 0 unspecified atom stereocenters. The molecule has 0 aromatic heterocycles. The van der Waals surface area contributed by atoms with Crippen LogP contribution in [0.1, 0.15) is 44.1 Å². The Bertz CT molecular complexity index is 692. The lowest BCUT2D eigenvalue weighted by Crippen LogP contribution is -2.17. The fourth-order valence-electron chi connectivity index (χ4n) is 3.04. The van der Waals surface area contributed by atoms with Crippen molar-refractivity contribution in [3.63, 3.8) is 0 Å². The van der Waals surface area contributed by atoms with Crippen LogP contribution < -0.4 is 10.1 Å². The molecule has 1 saturated carbocycles. The Morgan fingerprint density at radius 1 is 1.25 bits per heavy atom. The van der Waals surface area contributed by atoms with E-state index >= 15 is 0 Å². The molecule has 0 bridgehead atoms. The normalized spacial score (nSPS) is 20.2. The summed E-state index contributed by atoms with van der Waals surface area (Å²) in [6.45, 7) is 0. The molecule has 1 aliphatic heterocycles. The van der Waals surface area contributed by atoms with E-state index in [4.69, 9.17) is 4.74 Å². The van der Waals surface area contributed by atoms with E-state index in [0.29, 0.717) is 28.6 Å². The molecule has 1 aliphatic carbocycles. The minimum absolute atomic E-state index is 0.213. The van der Waals surface area contributed by atoms with Gasteiger partial charge in [0.05, 0.1) is 4.91 Å². The van der Waals surface area contributed by atoms with Gasteiger partial charge in [-0.1, -0.05) is 31.4 Å². The molecule has 1 N–H and O–H groups in total. The summed E-state index contributed by atoms with van der Waals surface area (Å²) in [5, 5.41) is 1.84. The van der Waals surface area contributed by atoms with Crippen molar-refractivity contribution in [2.75, 3.05) is 0 Å². The van der Waals surface area contributed by atoms with Gasteiger partial charge in [-0.15, -0.1) is 0 Å². The van der Waals surface area contributed by atoms with E-state index in [1.54, 1.807) is 30.3 Å². The first-order valence-corrected chi connectivity index (χ1v) is 8.97. The Labute approximate surface area is 144 Å². The fourth-order valence-corrected chi connectivity index (χ4v) is 3.72. The van der Waals surface area contributed by atoms with Crippen molar-refractivity contribution in [2.45, 2.75) is 38.5 Å². The van der Waals surface area contributed by atoms with Gasteiger partial charge in [-0.05, 0) is 54.3 Å². The summed E-state index contributed by atoms with van der Waals surface area (Å²) in [7, 11) is 0. The van der Waals surface area contributed by atoms with Crippen LogP contribution in [-0.2, 0) is 9.59 Å². The standard InChI is InChI=1S/C18H19NO4S/c20-16(11-12-5-2-1-3-6-12)23-14-8-4-7-13(9-14)10-15-17(21)19-18(22)24-15/h4,7-10,12H,1-3,5-6,11H2,(H,19,21,22)/b15-10-. The number of rotatable bonds is 4. The lowest BCUT2D eigenvalue weighted by molar-refractivity contribution is -0.135. The van der Waals surface area contributed by atoms with Crippen molar-refractivity contribution < 1.29 is 19.1 Å². The monoisotopic (exact) mass is 345 g/mol. The predicted molar refractivity (Wildman–Crippen MR) is 92.4 cm³/mol. The molecule has 6 heteroatoms. The molecule has 1 saturated heterocycles. The van der Waals surface area contributed by atoms with Crippen molar-refractivity contribution >= 4 is 35.0 Å². The van der Waals surface area contributed by atoms with Crippen LogP contribution >= 0.6 is 11.8 Å². The molecule has 0 atom stereocenters. The topological polar surface area (TPSA) is 72.5 Å². The van der Waals surface area contributed by atoms with Crippen LogP contribution in [0.5, 0.6) is 5.75 Å². The fraction of sp³-hybridized carbons (Fsp3) is 0.389. The highest BCUT2D eigenvalue weighted by Gasteiger charge is 2.25. The SMILES string of the molecule is O=C(CC1CCCCC1)Oc1cccc(/C=C2\SC(=O)NC2=O)c1. The second kappa shape index (κ2) is 7.66. The third-order valence-corrected chi connectivity index (χ3v) is 5.02. The first-order chi connectivity index (χ1) is 11.6. The first-order valence-electron chi connectivity index (χ1n) is 8.16. The first kappa shape index (κ1) is 16.8. The summed E-state index contributed by atoms with van der Waals surface area (Å²) in [6, 6.07) is 6.97. The van der Waals surface area contributed by atoms with E-state index in [2.05, 4.69) is 5.32 Å². The van der Waals surface area contributed by atoms with Crippen LogP contribution in [-0.4, -0.2) is 17.1 Å². The number of ether oxygens (including phenoxy) is 1. The van der Waals surface area contributed by atoms with Gasteiger partial charge in [0.15, 0.2) is 0 Å². The van der Waals surface area contributed by atoms with Gasteiger partial charge < -0.3 is 4.74 Å². The van der Waals surface area contributed by atoms with Crippen molar-refractivity contribution in [2.24, 2.45) is 5.92 Å². The Morgan fingerprint density at radius 3 is 2.75 bits per heavy atom. The third-order valence-electron chi connectivity index (χ3n) is 4.21. The molecule has 3 rings (SSSR count). The molecule has 2 aliphatic rings. The molecule has 1 aromatic rings. The van der Waals surface area contributed by atoms with E-state index < -0.39 is 5.91 Å². The van der Waals surface area contributed by atoms with Crippen LogP contribution in [0, 0.1) is 5.92 Å². The average Bonchev–Trinajstić information content (AvgIpc) is 2.86. The molecular formula is C18H19NO4S. The second-order valence-electron chi connectivity index (χ2n) is 6.11. The molecule has 1 aromatic carbocycles. The van der Waals surface area contributed by atoms with Gasteiger partial charge in [-0.3, -0.25) is 19.7 Å². The van der Waals surface area contributed by atoms with E-state index in [1.165, 1.54) is 19.3 Å². The number of nitrogens with one attached hydrogen (secondary N) is 1. The van der Waals surface area contributed by atoms with Crippen molar-refractivity contribution in [3.8, 4) is 5.75 Å². The van der Waals surface area contributed by atoms with E-state index in [0.717, 1.165) is 24.6 Å². The number of imide groups is 1. The highest BCUT2D eigenvalue weighted by molar-refractivity contribution is 8.18. The molecule has 2 amide bonds. The number of thioether (sulfide) groups is 1. The van der Waals surface area contributed by atoms with Gasteiger partial charge in [0.2, 0.25) is 0 Å². The Kier molecular flexibility index (Phi) is 5.35. The Hall–Kier alpha value is -2.08. The number of carbonyl (C=O) groups excluding carboxylic acids is 3. The lowest BCUT2D eigenvalue weighted by atomic mass is 9.87. The molecular weight excluding hydrogens is 326 g/mol. The highest BCUT2D eigenvalue weighted by atomic mass is 32.2. The van der Waals surface area contributed by atoms with Crippen LogP contribution in [0.4, 0.5) is 4.79 Å². The quantitative estimate of drug-likeness (QED) is 0.509. The molecule has 5 nitrogen and oxygen atoms in total. The van der Waals surface area contributed by atoms with Gasteiger partial charge in [-0.2, -0.15) is 0 Å². The van der Waals surface area contributed by atoms with Gasteiger partial charge in [0.25, 0.3) is 11.1 Å². The molecule has 1 heterocycles. The smallest absolute Gasteiger partial charge is 0.311 e. The van der Waals surface area contributed by atoms with Crippen LogP contribution in [0.2, 0.25) is 0 Å². The molecule has 126 valence electrons. The van der Waals surface area contributed by atoms with Crippen LogP contribution in [0.25, 0.3) is 6.08 Å². The number of hydrogen-bond donors (Lipinski definition) is 1. The number of hydrogen-bond acceptors (Lipinski definition) is 5. The average molecular weight is 345 g/mol. The summed E-state index contributed by atoms with van der Waals surface area (Å²) in [5.41, 5.74) is 0.713. The van der Waals surface area contributed by atoms with Gasteiger partial charge in [0, 0.05) is 6.42 Å². The van der Waals surface area contributed by atoms with Crippen LogP contribution in [0.3, 0.4) is 0 Å². The van der Waals surface area contributed by atoms with Gasteiger partial charge in [-0.25, -0.2) is 0 Å². The van der Waals surface area contributed by atoms with E-state index in [1.807, 2.05) is 0 Å². The number of esters is 1. The molecule has 24 heavy (non-hydrogen) atoms. The van der Waals surface area contributed by atoms with Crippen molar-refractivity contribution in [3.05, 3.63) is 34.7 Å². The minimum Gasteiger partial charge on any atom is -0.427 e. The Morgan fingerprint density at radius 2 is 2.04 bits per heavy atom. The highest BCUT2D eigenvalue weighted by Crippen LogP contribution is 2.28. The lowest BCUT2D eigenvalue weighted by Gasteiger charge is -2.20. The summed E-state index contributed by atoms with van der Waals surface area (Å²) in [6.07, 6.45) is 7.92. The van der Waals surface area contributed by atoms with Gasteiger partial charge in [0.1, 0.15) is 5.75 Å². The second-order valence-corrected chi connectivity index (χ2v) is 7.12. The largest absolute Gasteiger partial charge is 0.427 e. The summed E-state index contributed by atoms with van der Waals surface area (Å²) in [4.78, 5) is 35.2. The Balaban J connectivity index is 1.62. The minimum atomic E-state index is -0.398. The summed E-state index contributed by atoms with van der Waals surface area (Å²) >= 11 is 0.865. The zero-order chi connectivity index (χ0) is 16.9. The summed E-state index contributed by atoms with van der Waals surface area (Å²) < 4.78 is 5.43. The zero-order valence-corrected chi connectivity index (χ0v) is 14.1. The maximum Gasteiger partial charge on any atom is 0.311 e. The maximum absolute atomic E-state index is 12.1. The third kappa shape index (κ3) is 4.47. The van der Waals surface area contributed by atoms with Crippen LogP contribution in [0.15, 0.2) is 29.2 Å². The predicted octanol–water partition coefficient (Wildman–Crippen LogP) is 3.89. The number of amides is 2. The van der Waals surface area contributed by atoms with E-state index in [9.17, 15) is 14.4 Å². The number of carbonyl (C=O) groups is 3. The summed E-state index contributed by atoms with van der Waals surface area (Å²) in [5.74, 6) is 0.278. The van der Waals surface area contributed by atoms with Crippen molar-refractivity contribution in [1.82, 2.24) is 5.32 Å². The molecule has 0 radical (unpaired) electrons. The maximum atomic E-state index is 12.1. The molecule has 0 spiro atoms. The zero-order valence-electron chi connectivity index (χ0n) is 13.2. The molecule has 2 fully saturated rings. The number of benzene rings is 1.